The summed E-state index contributed by atoms with van der Waals surface area (Å²) in [4.78, 5) is 0. The van der Waals surface area contributed by atoms with E-state index in [1.54, 1.807) is 0 Å². The molecule has 21 heavy (non-hydrogen) atoms. The van der Waals surface area contributed by atoms with Gasteiger partial charge in [-0.05, 0) is 25.7 Å². The molecule has 0 heterocycles. The van der Waals surface area contributed by atoms with Gasteiger partial charge < -0.3 is 0 Å². The monoisotopic (exact) mass is 314 g/mol. The van der Waals surface area contributed by atoms with Crippen LogP contribution in [0.25, 0.3) is 0 Å². The number of rotatable bonds is 16. The summed E-state index contributed by atoms with van der Waals surface area (Å²) in [5, 5.41) is 1.89. The Morgan fingerprint density at radius 3 is 1.14 bits per heavy atom. The first-order chi connectivity index (χ1) is 10.3. The summed E-state index contributed by atoms with van der Waals surface area (Å²) in [6.45, 7) is 9.32. The maximum atomic E-state index is 2.37. The van der Waals surface area contributed by atoms with Crippen molar-refractivity contribution in [2.45, 2.75) is 128 Å². The molecule has 2 unspecified atom stereocenters. The maximum absolute atomic E-state index is 2.37. The van der Waals surface area contributed by atoms with Crippen LogP contribution in [0.15, 0.2) is 0 Å². The van der Waals surface area contributed by atoms with Crippen molar-refractivity contribution in [3.8, 4) is 0 Å². The summed E-state index contributed by atoms with van der Waals surface area (Å²) in [6.07, 6.45) is 19.9. The van der Waals surface area contributed by atoms with E-state index in [0.717, 1.165) is 10.5 Å². The molecule has 128 valence electrons. The molecule has 0 nitrogen and oxygen atoms in total. The van der Waals surface area contributed by atoms with Crippen molar-refractivity contribution >= 4 is 11.8 Å². The van der Waals surface area contributed by atoms with Gasteiger partial charge in [0.05, 0.1) is 0 Å². The average Bonchev–Trinajstić information content (AvgIpc) is 2.50. The summed E-state index contributed by atoms with van der Waals surface area (Å²) in [7, 11) is 0. The number of hydrogen-bond acceptors (Lipinski definition) is 1. The van der Waals surface area contributed by atoms with Crippen molar-refractivity contribution in [1.82, 2.24) is 0 Å². The minimum Gasteiger partial charge on any atom is -0.155 e. The van der Waals surface area contributed by atoms with Crippen LogP contribution in [0.5, 0.6) is 0 Å². The average molecular weight is 315 g/mol. The van der Waals surface area contributed by atoms with Crippen molar-refractivity contribution in [3.05, 3.63) is 0 Å². The molecule has 0 saturated heterocycles. The van der Waals surface area contributed by atoms with Crippen LogP contribution in [-0.2, 0) is 0 Å². The molecule has 0 aliphatic heterocycles. The zero-order valence-electron chi connectivity index (χ0n) is 15.5. The smallest absolute Gasteiger partial charge is 0.00498 e. The van der Waals surface area contributed by atoms with Crippen molar-refractivity contribution in [1.29, 1.82) is 0 Å². The lowest BCUT2D eigenvalue weighted by Crippen LogP contribution is -2.12. The minimum atomic E-state index is 0.944. The Labute approximate surface area is 140 Å². The van der Waals surface area contributed by atoms with Crippen LogP contribution in [0, 0.1) is 0 Å². The Bertz CT molecular complexity index is 170. The van der Waals surface area contributed by atoms with Gasteiger partial charge >= 0.3 is 0 Å². The molecule has 0 fully saturated rings. The van der Waals surface area contributed by atoms with E-state index >= 15 is 0 Å². The van der Waals surface area contributed by atoms with E-state index in [0.29, 0.717) is 0 Å². The number of unbranched alkanes of at least 4 members (excludes halogenated alkanes) is 6. The molecular weight excluding hydrogens is 272 g/mol. The fourth-order valence-corrected chi connectivity index (χ4v) is 4.70. The zero-order valence-corrected chi connectivity index (χ0v) is 16.3. The summed E-state index contributed by atoms with van der Waals surface area (Å²) < 4.78 is 0. The van der Waals surface area contributed by atoms with Gasteiger partial charge in [0, 0.05) is 10.5 Å². The first-order valence-corrected chi connectivity index (χ1v) is 10.9. The summed E-state index contributed by atoms with van der Waals surface area (Å²) in [5.41, 5.74) is 0. The highest BCUT2D eigenvalue weighted by Crippen LogP contribution is 2.32. The van der Waals surface area contributed by atoms with Crippen LogP contribution in [0.2, 0.25) is 0 Å². The molecule has 0 rings (SSSR count). The Hall–Kier alpha value is 0.350. The molecule has 0 radical (unpaired) electrons. The lowest BCUT2D eigenvalue weighted by atomic mass is 10.1. The second-order valence-corrected chi connectivity index (χ2v) is 8.26. The fraction of sp³-hybridized carbons (Fsp3) is 1.00. The molecular formula is C20H42S. The van der Waals surface area contributed by atoms with Crippen molar-refractivity contribution < 1.29 is 0 Å². The number of hydrogen-bond donors (Lipinski definition) is 0. The van der Waals surface area contributed by atoms with Crippen LogP contribution in [0.4, 0.5) is 0 Å². The van der Waals surface area contributed by atoms with Gasteiger partial charge in [-0.2, -0.15) is 11.8 Å². The standard InChI is InChI=1S/C20H42S/c1-5-9-13-17-19(15-11-7-3)21-20(16-12-8-4)18-14-10-6-2/h19-20H,5-18H2,1-4H3. The molecule has 0 aliphatic carbocycles. The van der Waals surface area contributed by atoms with Gasteiger partial charge in [0.15, 0.2) is 0 Å². The van der Waals surface area contributed by atoms with Gasteiger partial charge in [0.2, 0.25) is 0 Å². The molecule has 0 bridgehead atoms. The SMILES string of the molecule is CCCCCC(CCCC)SC(CCCC)CCCCC. The molecule has 0 N–H and O–H groups in total. The summed E-state index contributed by atoms with van der Waals surface area (Å²) >= 11 is 2.37. The largest absolute Gasteiger partial charge is 0.155 e. The van der Waals surface area contributed by atoms with Crippen LogP contribution in [0.1, 0.15) is 118 Å². The number of thioether (sulfide) groups is 1. The normalized spacial score (nSPS) is 14.3. The van der Waals surface area contributed by atoms with Gasteiger partial charge in [0.1, 0.15) is 0 Å². The minimum absolute atomic E-state index is 0.944. The van der Waals surface area contributed by atoms with Crippen molar-refractivity contribution in [3.63, 3.8) is 0 Å². The van der Waals surface area contributed by atoms with E-state index in [1.165, 1.54) is 89.9 Å². The van der Waals surface area contributed by atoms with E-state index in [4.69, 9.17) is 0 Å². The second-order valence-electron chi connectivity index (χ2n) is 6.66. The molecule has 0 spiro atoms. The van der Waals surface area contributed by atoms with Gasteiger partial charge in [-0.3, -0.25) is 0 Å². The Balaban J connectivity index is 4.22. The van der Waals surface area contributed by atoms with E-state index in [9.17, 15) is 0 Å². The van der Waals surface area contributed by atoms with Crippen LogP contribution in [0.3, 0.4) is 0 Å². The third kappa shape index (κ3) is 13.7. The van der Waals surface area contributed by atoms with Gasteiger partial charge in [0.25, 0.3) is 0 Å². The molecule has 0 amide bonds. The van der Waals surface area contributed by atoms with E-state index in [1.807, 2.05) is 0 Å². The molecule has 0 aromatic carbocycles. The van der Waals surface area contributed by atoms with Crippen LogP contribution < -0.4 is 0 Å². The third-order valence-corrected chi connectivity index (χ3v) is 6.12. The summed E-state index contributed by atoms with van der Waals surface area (Å²) in [5.74, 6) is 0. The zero-order chi connectivity index (χ0) is 15.8. The molecule has 0 aromatic heterocycles. The van der Waals surface area contributed by atoms with E-state index in [-0.39, 0.29) is 0 Å². The predicted octanol–water partition coefficient (Wildman–Crippen LogP) is 8.00. The molecule has 0 aliphatic rings. The van der Waals surface area contributed by atoms with Crippen LogP contribution >= 0.6 is 11.8 Å². The highest BCUT2D eigenvalue weighted by Gasteiger charge is 2.16. The first-order valence-electron chi connectivity index (χ1n) is 9.93. The quantitative estimate of drug-likeness (QED) is 0.260. The maximum Gasteiger partial charge on any atom is 0.00498 e. The highest BCUT2D eigenvalue weighted by molar-refractivity contribution is 8.00. The van der Waals surface area contributed by atoms with Gasteiger partial charge in [-0.15, -0.1) is 0 Å². The van der Waals surface area contributed by atoms with E-state index in [2.05, 4.69) is 39.5 Å². The summed E-state index contributed by atoms with van der Waals surface area (Å²) in [6, 6.07) is 0. The van der Waals surface area contributed by atoms with Crippen molar-refractivity contribution in [2.75, 3.05) is 0 Å². The molecule has 1 heteroatoms. The topological polar surface area (TPSA) is 0 Å². The lowest BCUT2D eigenvalue weighted by molar-refractivity contribution is 0.575. The third-order valence-electron chi connectivity index (χ3n) is 4.40. The fourth-order valence-electron chi connectivity index (χ4n) is 2.94. The molecule has 0 aromatic rings. The first kappa shape index (κ1) is 21.4. The van der Waals surface area contributed by atoms with E-state index < -0.39 is 0 Å². The predicted molar refractivity (Wildman–Crippen MR) is 103 cm³/mol. The highest BCUT2D eigenvalue weighted by atomic mass is 32.2. The molecule has 2 atom stereocenters. The lowest BCUT2D eigenvalue weighted by Gasteiger charge is -2.24. The van der Waals surface area contributed by atoms with Crippen molar-refractivity contribution in [2.24, 2.45) is 0 Å². The van der Waals surface area contributed by atoms with Gasteiger partial charge in [-0.1, -0.05) is 91.9 Å². The Kier molecular flexibility index (Phi) is 17.0. The van der Waals surface area contributed by atoms with Crippen LogP contribution in [-0.4, -0.2) is 10.5 Å². The Morgan fingerprint density at radius 1 is 0.476 bits per heavy atom. The molecule has 0 saturated carbocycles. The Morgan fingerprint density at radius 2 is 0.810 bits per heavy atom. The van der Waals surface area contributed by atoms with Gasteiger partial charge in [-0.25, -0.2) is 0 Å². The second kappa shape index (κ2) is 16.7.